The van der Waals surface area contributed by atoms with Gasteiger partial charge in [0.2, 0.25) is 0 Å². The molecular weight excluding hydrogens is 320 g/mol. The molecule has 8 nitrogen and oxygen atoms in total. The molecular formula is H2Cr2FNa3O8. The molecule has 14 heavy (non-hydrogen) atoms. The average Bonchev–Trinajstić information content (AvgIpc) is 1.12. The Balaban J connectivity index is -0.0000000178. The Morgan fingerprint density at radius 3 is 0.786 bits per heavy atom. The van der Waals surface area contributed by atoms with Crippen molar-refractivity contribution in [1.82, 2.24) is 0 Å². The van der Waals surface area contributed by atoms with Gasteiger partial charge in [0.15, 0.2) is 0 Å². The van der Waals surface area contributed by atoms with Crippen LogP contribution >= 0.6 is 0 Å². The van der Waals surface area contributed by atoms with Crippen LogP contribution in [0.3, 0.4) is 0 Å². The maximum atomic E-state index is 8.82. The molecule has 0 saturated carbocycles. The third kappa shape index (κ3) is 322. The van der Waals surface area contributed by atoms with Crippen LogP contribution in [0, 0.1) is 0 Å². The molecule has 0 fully saturated rings. The second-order valence-corrected chi connectivity index (χ2v) is 3.53. The van der Waals surface area contributed by atoms with Gasteiger partial charge >= 0.3 is 148 Å². The van der Waals surface area contributed by atoms with Crippen LogP contribution in [0.25, 0.3) is 0 Å². The number of hydrogen-bond acceptors (Lipinski definition) is 6. The van der Waals surface area contributed by atoms with E-state index < -0.39 is 27.2 Å². The van der Waals surface area contributed by atoms with Gasteiger partial charge in [0, 0.05) is 0 Å². The molecule has 72 valence electrons. The third-order valence-corrected chi connectivity index (χ3v) is 0. The van der Waals surface area contributed by atoms with Crippen molar-refractivity contribution < 1.29 is 152 Å². The van der Waals surface area contributed by atoms with E-state index in [0.29, 0.717) is 0 Å². The predicted molar refractivity (Wildman–Crippen MR) is 7.18 cm³/mol. The quantitative estimate of drug-likeness (QED) is 0.417. The van der Waals surface area contributed by atoms with Gasteiger partial charge in [-0.2, -0.15) is 0 Å². The van der Waals surface area contributed by atoms with Gasteiger partial charge in [0.05, 0.1) is 0 Å². The second-order valence-electron chi connectivity index (χ2n) is 0.856. The summed E-state index contributed by atoms with van der Waals surface area (Å²) in [4.78, 5) is 0. The summed E-state index contributed by atoms with van der Waals surface area (Å²) in [7, 11) is 0. The zero-order valence-electron chi connectivity index (χ0n) is 7.54. The van der Waals surface area contributed by atoms with Crippen molar-refractivity contribution in [2.45, 2.75) is 0 Å². The average molecular weight is 322 g/mol. The van der Waals surface area contributed by atoms with Gasteiger partial charge in [-0.15, -0.1) is 0 Å². The number of rotatable bonds is 0. The normalized spacial score (nSPS) is 8.29. The Bertz CT molecular complexity index is 219. The summed E-state index contributed by atoms with van der Waals surface area (Å²) in [6.07, 6.45) is 0. The van der Waals surface area contributed by atoms with E-state index in [4.69, 9.17) is 31.8 Å². The van der Waals surface area contributed by atoms with E-state index in [1.807, 2.05) is 0 Å². The number of hydrogen-bond donors (Lipinski definition) is 2. The van der Waals surface area contributed by atoms with Crippen molar-refractivity contribution >= 4 is 0 Å². The SMILES string of the molecule is [F-].[Na+].[Na+].[Na+].[O]=[Cr](=[O])([O-])[O-].[O]=[Cr](=[O])([OH])[OH]. The summed E-state index contributed by atoms with van der Waals surface area (Å²) in [6, 6.07) is 0. The second kappa shape index (κ2) is 16.0. The molecule has 0 aromatic carbocycles. The maximum absolute atomic E-state index is 8.82. The summed E-state index contributed by atoms with van der Waals surface area (Å²) in [5.74, 6) is 0. The van der Waals surface area contributed by atoms with E-state index in [9.17, 15) is 0 Å². The van der Waals surface area contributed by atoms with Crippen LogP contribution in [0.2, 0.25) is 0 Å². The van der Waals surface area contributed by atoms with Gasteiger partial charge < -0.3 is 4.70 Å². The Hall–Kier alpha value is 3.03. The van der Waals surface area contributed by atoms with Crippen molar-refractivity contribution in [1.29, 1.82) is 0 Å². The van der Waals surface area contributed by atoms with Crippen LogP contribution in [0.4, 0.5) is 0 Å². The molecule has 0 spiro atoms. The monoisotopic (exact) mass is 322 g/mol. The van der Waals surface area contributed by atoms with Gasteiger partial charge in [-0.25, -0.2) is 0 Å². The summed E-state index contributed by atoms with van der Waals surface area (Å²) >= 11 is -11.0. The first-order valence-corrected chi connectivity index (χ1v) is 5.63. The Kier molecular flexibility index (Phi) is 41.2. The molecule has 0 rings (SSSR count). The molecule has 0 amide bonds. The Labute approximate surface area is 149 Å². The van der Waals surface area contributed by atoms with Crippen LogP contribution in [0.5, 0.6) is 0 Å². The summed E-state index contributed by atoms with van der Waals surface area (Å²) in [6.45, 7) is 0. The van der Waals surface area contributed by atoms with Crippen LogP contribution < -0.4 is 102 Å². The standard InChI is InChI=1S/2Cr.FH.3Na.2H2O.6O/h;;1H;;;;2*1H2;;;;;;/q;+2;;3*+1;;;;;;;2*-1/p-3. The van der Waals surface area contributed by atoms with E-state index >= 15 is 0 Å². The molecule has 14 heteroatoms. The molecule has 0 aliphatic carbocycles. The minimum absolute atomic E-state index is 0. The van der Waals surface area contributed by atoms with Gasteiger partial charge in [0.25, 0.3) is 0 Å². The molecule has 0 heterocycles. The van der Waals surface area contributed by atoms with Crippen molar-refractivity contribution in [3.8, 4) is 0 Å². The first-order valence-electron chi connectivity index (χ1n) is 1.37. The van der Waals surface area contributed by atoms with Gasteiger partial charge in [-0.1, -0.05) is 0 Å². The fourth-order valence-corrected chi connectivity index (χ4v) is 0. The van der Waals surface area contributed by atoms with Gasteiger partial charge in [0.1, 0.15) is 0 Å². The fraction of sp³-hybridized carbons (Fsp3) is 0. The fourth-order valence-electron chi connectivity index (χ4n) is 0. The van der Waals surface area contributed by atoms with Crippen LogP contribution in [-0.2, 0) is 42.4 Å². The van der Waals surface area contributed by atoms with E-state index in [0.717, 1.165) is 0 Å². The molecule has 0 unspecified atom stereocenters. The van der Waals surface area contributed by atoms with E-state index in [2.05, 4.69) is 0 Å². The van der Waals surface area contributed by atoms with E-state index in [-0.39, 0.29) is 93.4 Å². The molecule has 0 aliphatic rings. The first kappa shape index (κ1) is 36.0. The van der Waals surface area contributed by atoms with Crippen molar-refractivity contribution in [3.63, 3.8) is 0 Å². The predicted octanol–water partition coefficient (Wildman–Crippen LogP) is -16.0. The van der Waals surface area contributed by atoms with Crippen LogP contribution in [0.15, 0.2) is 0 Å². The van der Waals surface area contributed by atoms with Crippen LogP contribution in [-0.4, -0.2) is 8.32 Å². The molecule has 2 N–H and O–H groups in total. The molecule has 0 atom stereocenters. The van der Waals surface area contributed by atoms with Crippen molar-refractivity contribution in [2.24, 2.45) is 0 Å². The zero-order valence-corrected chi connectivity index (χ0v) is 16.1. The van der Waals surface area contributed by atoms with E-state index in [1.165, 1.54) is 0 Å². The summed E-state index contributed by atoms with van der Waals surface area (Å²) in [5.41, 5.74) is 0. The van der Waals surface area contributed by atoms with Gasteiger partial charge in [-0.05, 0) is 0 Å². The molecule has 0 aromatic heterocycles. The summed E-state index contributed by atoms with van der Waals surface area (Å²) in [5, 5.41) is 0. The molecule has 0 aromatic rings. The molecule has 0 aliphatic heterocycles. The van der Waals surface area contributed by atoms with Crippen molar-refractivity contribution in [2.75, 3.05) is 0 Å². The molecule has 0 bridgehead atoms. The Morgan fingerprint density at radius 2 is 0.786 bits per heavy atom. The topological polar surface area (TPSA) is 155 Å². The number of halogens is 1. The van der Waals surface area contributed by atoms with Crippen LogP contribution in [0.1, 0.15) is 0 Å². The molecule has 0 radical (unpaired) electrons. The minimum atomic E-state index is -5.75. The van der Waals surface area contributed by atoms with Crippen molar-refractivity contribution in [3.05, 3.63) is 0 Å². The van der Waals surface area contributed by atoms with Gasteiger partial charge in [-0.3, -0.25) is 0 Å². The molecule has 0 saturated heterocycles. The Morgan fingerprint density at radius 1 is 0.786 bits per heavy atom. The first-order chi connectivity index (χ1) is 4.00. The third-order valence-electron chi connectivity index (χ3n) is 0. The zero-order chi connectivity index (χ0) is 9.00. The summed E-state index contributed by atoms with van der Waals surface area (Å²) < 4.78 is 66.2. The van der Waals surface area contributed by atoms with E-state index in [1.54, 1.807) is 0 Å².